The van der Waals surface area contributed by atoms with Gasteiger partial charge >= 0.3 is 5.97 Å². The van der Waals surface area contributed by atoms with E-state index in [1.807, 2.05) is 104 Å². The lowest BCUT2D eigenvalue weighted by atomic mass is 9.91. The lowest BCUT2D eigenvalue weighted by Gasteiger charge is -2.26. The first kappa shape index (κ1) is 32.7. The van der Waals surface area contributed by atoms with Crippen LogP contribution in [0.2, 0.25) is 0 Å². The Morgan fingerprint density at radius 1 is 0.875 bits per heavy atom. The highest BCUT2D eigenvalue weighted by molar-refractivity contribution is 7.07. The van der Waals surface area contributed by atoms with Crippen molar-refractivity contribution >= 4 is 29.1 Å². The van der Waals surface area contributed by atoms with Gasteiger partial charge in [0, 0.05) is 5.56 Å². The molecule has 1 aliphatic rings. The number of hydrogen-bond donors (Lipinski definition) is 0. The second-order valence-corrected chi connectivity index (χ2v) is 12.7. The molecular formula is C40H38N2O5S. The van der Waals surface area contributed by atoms with Crippen LogP contribution in [0.1, 0.15) is 67.5 Å². The number of rotatable bonds is 11. The van der Waals surface area contributed by atoms with Crippen molar-refractivity contribution in [1.82, 2.24) is 4.57 Å². The van der Waals surface area contributed by atoms with Crippen LogP contribution in [0.15, 0.2) is 118 Å². The van der Waals surface area contributed by atoms with E-state index in [9.17, 15) is 9.59 Å². The number of benzene rings is 4. The molecule has 8 heteroatoms. The van der Waals surface area contributed by atoms with Crippen LogP contribution in [0, 0.1) is 0 Å². The number of esters is 1. The second kappa shape index (κ2) is 14.7. The van der Waals surface area contributed by atoms with Gasteiger partial charge in [0.25, 0.3) is 5.56 Å². The molecule has 244 valence electrons. The zero-order valence-electron chi connectivity index (χ0n) is 27.5. The summed E-state index contributed by atoms with van der Waals surface area (Å²) in [7, 11) is 0. The van der Waals surface area contributed by atoms with Gasteiger partial charge in [0.2, 0.25) is 0 Å². The van der Waals surface area contributed by atoms with Crippen molar-refractivity contribution in [2.75, 3.05) is 13.2 Å². The van der Waals surface area contributed by atoms with E-state index < -0.39 is 12.0 Å². The van der Waals surface area contributed by atoms with Crippen molar-refractivity contribution in [2.45, 2.75) is 46.3 Å². The average molecular weight is 659 g/mol. The Morgan fingerprint density at radius 3 is 2.25 bits per heavy atom. The Balaban J connectivity index is 1.49. The first-order valence-corrected chi connectivity index (χ1v) is 17.0. The molecule has 7 nitrogen and oxygen atoms in total. The van der Waals surface area contributed by atoms with Crippen molar-refractivity contribution in [3.05, 3.63) is 156 Å². The normalized spacial score (nSPS) is 14.4. The van der Waals surface area contributed by atoms with Crippen molar-refractivity contribution in [3.8, 4) is 11.5 Å². The van der Waals surface area contributed by atoms with E-state index in [1.54, 1.807) is 11.5 Å². The summed E-state index contributed by atoms with van der Waals surface area (Å²) >= 11 is 1.29. The standard InChI is InChI=1S/C40H38N2O5S/c1-5-45-33-23-28(17-22-32(33)47-25-27-13-9-7-10-14-27)24-34-38(43)42-37(31-20-18-29(19-21-31)26(3)4)35(39(44)46-6-2)36(41-40(42)48-34)30-15-11-8-12-16-30/h7-24,26,37H,5-6,25H2,1-4H3/b34-24-/t37-/m0/s1. The number of thiazole rings is 1. The molecule has 0 unspecified atom stereocenters. The molecule has 48 heavy (non-hydrogen) atoms. The Hall–Kier alpha value is -5.21. The summed E-state index contributed by atoms with van der Waals surface area (Å²) in [6.07, 6.45) is 1.84. The van der Waals surface area contributed by atoms with E-state index >= 15 is 0 Å². The molecule has 0 bridgehead atoms. The summed E-state index contributed by atoms with van der Waals surface area (Å²) < 4.78 is 19.7. The summed E-state index contributed by atoms with van der Waals surface area (Å²) in [6, 6.07) is 32.5. The van der Waals surface area contributed by atoms with E-state index in [2.05, 4.69) is 26.0 Å². The van der Waals surface area contributed by atoms with Gasteiger partial charge in [0.1, 0.15) is 6.61 Å². The van der Waals surface area contributed by atoms with E-state index in [1.165, 1.54) is 11.3 Å². The number of hydrogen-bond acceptors (Lipinski definition) is 7. The third-order valence-electron chi connectivity index (χ3n) is 8.10. The number of carbonyl (C=O) groups excluding carboxylic acids is 1. The fraction of sp³-hybridized carbons (Fsp3) is 0.225. The average Bonchev–Trinajstić information content (AvgIpc) is 3.42. The highest BCUT2D eigenvalue weighted by Crippen LogP contribution is 2.36. The fourth-order valence-electron chi connectivity index (χ4n) is 5.71. The minimum absolute atomic E-state index is 0.195. The van der Waals surface area contributed by atoms with Crippen molar-refractivity contribution in [2.24, 2.45) is 4.99 Å². The Bertz CT molecular complexity index is 2110. The molecule has 6 rings (SSSR count). The lowest BCUT2D eigenvalue weighted by molar-refractivity contribution is -0.138. The molecule has 0 spiro atoms. The molecule has 0 radical (unpaired) electrons. The molecule has 1 aromatic heterocycles. The third kappa shape index (κ3) is 6.89. The van der Waals surface area contributed by atoms with Crippen LogP contribution in [0.3, 0.4) is 0 Å². The van der Waals surface area contributed by atoms with Gasteiger partial charge in [-0.15, -0.1) is 0 Å². The Kier molecular flexibility index (Phi) is 10.0. The molecule has 0 fully saturated rings. The van der Waals surface area contributed by atoms with Crippen LogP contribution in [0.4, 0.5) is 0 Å². The molecule has 1 aliphatic heterocycles. The molecule has 0 N–H and O–H groups in total. The third-order valence-corrected chi connectivity index (χ3v) is 9.08. The molecule has 1 atom stereocenters. The molecular weight excluding hydrogens is 621 g/mol. The van der Waals surface area contributed by atoms with Crippen LogP contribution in [-0.2, 0) is 16.1 Å². The van der Waals surface area contributed by atoms with E-state index in [-0.39, 0.29) is 12.2 Å². The Morgan fingerprint density at radius 2 is 1.58 bits per heavy atom. The van der Waals surface area contributed by atoms with E-state index in [0.29, 0.717) is 51.2 Å². The van der Waals surface area contributed by atoms with E-state index in [4.69, 9.17) is 19.2 Å². The SMILES string of the molecule is CCOC(=O)C1=C(c2ccccc2)N=c2s/c(=C\c3ccc(OCc4ccccc4)c(OCC)c3)c(=O)n2[C@H]1c1ccc(C(C)C)cc1. The van der Waals surface area contributed by atoms with Gasteiger partial charge in [-0.25, -0.2) is 9.79 Å². The number of aromatic nitrogens is 1. The maximum Gasteiger partial charge on any atom is 0.338 e. The molecule has 2 heterocycles. The van der Waals surface area contributed by atoms with Gasteiger partial charge in [0.05, 0.1) is 35.1 Å². The van der Waals surface area contributed by atoms with Crippen LogP contribution in [0.25, 0.3) is 11.8 Å². The van der Waals surface area contributed by atoms with E-state index in [0.717, 1.165) is 27.8 Å². The fourth-order valence-corrected chi connectivity index (χ4v) is 6.71. The summed E-state index contributed by atoms with van der Waals surface area (Å²) in [6.45, 7) is 9.02. The Labute approximate surface area is 284 Å². The molecule has 4 aromatic carbocycles. The van der Waals surface area contributed by atoms with Gasteiger partial charge in [-0.3, -0.25) is 9.36 Å². The highest BCUT2D eigenvalue weighted by atomic mass is 32.1. The first-order valence-electron chi connectivity index (χ1n) is 16.2. The van der Waals surface area contributed by atoms with Crippen LogP contribution in [0.5, 0.6) is 11.5 Å². The predicted molar refractivity (Wildman–Crippen MR) is 190 cm³/mol. The quantitative estimate of drug-likeness (QED) is 0.142. The molecule has 0 saturated carbocycles. The van der Waals surface area contributed by atoms with Gasteiger partial charge in [-0.1, -0.05) is 116 Å². The van der Waals surface area contributed by atoms with Gasteiger partial charge in [0.15, 0.2) is 16.3 Å². The largest absolute Gasteiger partial charge is 0.490 e. The topological polar surface area (TPSA) is 79.1 Å². The summed E-state index contributed by atoms with van der Waals surface area (Å²) in [4.78, 5) is 33.5. The molecule has 0 amide bonds. The van der Waals surface area contributed by atoms with Crippen molar-refractivity contribution < 1.29 is 19.0 Å². The zero-order chi connectivity index (χ0) is 33.6. The predicted octanol–water partition coefficient (Wildman–Crippen LogP) is 7.04. The lowest BCUT2D eigenvalue weighted by Crippen LogP contribution is -2.40. The number of fused-ring (bicyclic) bond motifs is 1. The smallest absolute Gasteiger partial charge is 0.338 e. The number of carbonyl (C=O) groups is 1. The maximum absolute atomic E-state index is 14.3. The molecule has 0 saturated heterocycles. The zero-order valence-corrected chi connectivity index (χ0v) is 28.3. The van der Waals surface area contributed by atoms with Gasteiger partial charge in [-0.2, -0.15) is 0 Å². The minimum Gasteiger partial charge on any atom is -0.490 e. The summed E-state index contributed by atoms with van der Waals surface area (Å²) in [5, 5.41) is 0. The monoisotopic (exact) mass is 658 g/mol. The maximum atomic E-state index is 14.3. The molecule has 5 aromatic rings. The van der Waals surface area contributed by atoms with Crippen LogP contribution >= 0.6 is 11.3 Å². The van der Waals surface area contributed by atoms with Crippen LogP contribution in [-0.4, -0.2) is 23.8 Å². The summed E-state index contributed by atoms with van der Waals surface area (Å²) in [5.41, 5.74) is 5.16. The van der Waals surface area contributed by atoms with Crippen molar-refractivity contribution in [3.63, 3.8) is 0 Å². The summed E-state index contributed by atoms with van der Waals surface area (Å²) in [5.74, 6) is 1.04. The minimum atomic E-state index is -0.730. The number of nitrogens with zero attached hydrogens (tertiary/aromatic N) is 2. The highest BCUT2D eigenvalue weighted by Gasteiger charge is 2.35. The molecule has 0 aliphatic carbocycles. The van der Waals surface area contributed by atoms with Crippen molar-refractivity contribution in [1.29, 1.82) is 0 Å². The van der Waals surface area contributed by atoms with Gasteiger partial charge in [-0.05, 0) is 60.2 Å². The second-order valence-electron chi connectivity index (χ2n) is 11.7. The first-order chi connectivity index (χ1) is 23.4. The number of ether oxygens (including phenoxy) is 3. The van der Waals surface area contributed by atoms with Gasteiger partial charge < -0.3 is 14.2 Å². The van der Waals surface area contributed by atoms with Crippen LogP contribution < -0.4 is 24.4 Å².